The molecular formula is C26H27Cl2N2OS+. The van der Waals surface area contributed by atoms with Crippen LogP contribution in [0.5, 0.6) is 0 Å². The molecular weight excluding hydrogens is 459 g/mol. The van der Waals surface area contributed by atoms with E-state index in [-0.39, 0.29) is 11.2 Å². The Morgan fingerprint density at radius 2 is 1.56 bits per heavy atom. The van der Waals surface area contributed by atoms with E-state index in [0.29, 0.717) is 26.3 Å². The normalized spacial score (nSPS) is 12.3. The second-order valence-corrected chi connectivity index (χ2v) is 10.0. The molecule has 0 amide bonds. The number of hydrogen-bond donors (Lipinski definition) is 2. The van der Waals surface area contributed by atoms with Gasteiger partial charge < -0.3 is 10.4 Å². The van der Waals surface area contributed by atoms with E-state index in [9.17, 15) is 5.11 Å². The molecule has 3 rings (SSSR count). The molecule has 3 aromatic rings. The third-order valence-electron chi connectivity index (χ3n) is 5.35. The van der Waals surface area contributed by atoms with Crippen LogP contribution >= 0.6 is 35.4 Å². The van der Waals surface area contributed by atoms with Crippen LogP contribution in [0.25, 0.3) is 11.5 Å². The average molecular weight is 486 g/mol. The molecule has 0 aliphatic carbocycles. The highest BCUT2D eigenvalue weighted by Crippen LogP contribution is 2.28. The Hall–Kier alpha value is -2.40. The van der Waals surface area contributed by atoms with Crippen LogP contribution in [0.2, 0.25) is 10.0 Å². The summed E-state index contributed by atoms with van der Waals surface area (Å²) in [6.07, 6.45) is 3.80. The number of aromatic nitrogens is 1. The summed E-state index contributed by atoms with van der Waals surface area (Å²) in [4.78, 5) is 0.380. The summed E-state index contributed by atoms with van der Waals surface area (Å²) >= 11 is 18.0. The summed E-state index contributed by atoms with van der Waals surface area (Å²) in [6, 6.07) is 15.1. The number of nitrogens with zero attached hydrogens (tertiary/aromatic N) is 1. The minimum Gasteiger partial charge on any atom is -0.502 e. The smallest absolute Gasteiger partial charge is 0.288 e. The number of pyridine rings is 1. The maximum Gasteiger partial charge on any atom is 0.288 e. The predicted molar refractivity (Wildman–Crippen MR) is 140 cm³/mol. The number of nitrogens with one attached hydrogen (secondary N) is 1. The number of rotatable bonds is 4. The molecule has 3 nitrogen and oxygen atoms in total. The number of aryl methyl sites for hydroxylation is 2. The van der Waals surface area contributed by atoms with Gasteiger partial charge in [0.2, 0.25) is 0 Å². The van der Waals surface area contributed by atoms with Gasteiger partial charge in [-0.1, -0.05) is 62.3 Å². The lowest BCUT2D eigenvalue weighted by molar-refractivity contribution is -0.575. The van der Waals surface area contributed by atoms with E-state index in [1.54, 1.807) is 18.2 Å². The van der Waals surface area contributed by atoms with Gasteiger partial charge in [0.25, 0.3) is 5.70 Å². The van der Waals surface area contributed by atoms with Gasteiger partial charge in [0, 0.05) is 23.4 Å². The molecule has 0 fully saturated rings. The molecule has 0 unspecified atom stereocenters. The van der Waals surface area contributed by atoms with Gasteiger partial charge in [0.15, 0.2) is 23.1 Å². The molecule has 0 atom stereocenters. The maximum absolute atomic E-state index is 11.3. The molecule has 1 aromatic heterocycles. The number of thiocarbonyl (C=S) groups is 1. The molecule has 0 bridgehead atoms. The van der Waals surface area contributed by atoms with E-state index in [1.165, 1.54) is 11.1 Å². The summed E-state index contributed by atoms with van der Waals surface area (Å²) in [7, 11) is 0. The summed E-state index contributed by atoms with van der Waals surface area (Å²) in [5.74, 6) is -0.00147. The number of aliphatic hydroxyl groups is 1. The number of hydrogen-bond acceptors (Lipinski definition) is 2. The van der Waals surface area contributed by atoms with Crippen molar-refractivity contribution < 1.29 is 9.67 Å². The van der Waals surface area contributed by atoms with Crippen molar-refractivity contribution in [2.24, 2.45) is 0 Å². The molecule has 1 heterocycles. The Morgan fingerprint density at radius 3 is 2.12 bits per heavy atom. The molecule has 0 saturated heterocycles. The van der Waals surface area contributed by atoms with Crippen LogP contribution in [0, 0.1) is 13.8 Å². The summed E-state index contributed by atoms with van der Waals surface area (Å²) in [6.45, 7) is 10.6. The summed E-state index contributed by atoms with van der Waals surface area (Å²) in [5, 5.41) is 15.3. The summed E-state index contributed by atoms with van der Waals surface area (Å²) < 4.78 is 1.81. The molecule has 2 N–H and O–H groups in total. The van der Waals surface area contributed by atoms with E-state index < -0.39 is 0 Å². The van der Waals surface area contributed by atoms with Crippen molar-refractivity contribution >= 4 is 57.6 Å². The van der Waals surface area contributed by atoms with E-state index in [1.807, 2.05) is 54.2 Å². The van der Waals surface area contributed by atoms with E-state index >= 15 is 0 Å². The molecule has 32 heavy (non-hydrogen) atoms. The predicted octanol–water partition coefficient (Wildman–Crippen LogP) is 7.52. The third kappa shape index (κ3) is 5.50. The van der Waals surface area contributed by atoms with Crippen molar-refractivity contribution in [3.05, 3.63) is 93.2 Å². The Balaban J connectivity index is 2.10. The zero-order valence-electron chi connectivity index (χ0n) is 18.8. The number of benzene rings is 2. The second-order valence-electron chi connectivity index (χ2n) is 8.82. The van der Waals surface area contributed by atoms with Crippen molar-refractivity contribution in [2.45, 2.75) is 40.0 Å². The molecule has 6 heteroatoms. The first-order chi connectivity index (χ1) is 15.0. The Labute approximate surface area is 205 Å². The van der Waals surface area contributed by atoms with Crippen LogP contribution in [0.4, 0.5) is 5.69 Å². The highest BCUT2D eigenvalue weighted by atomic mass is 35.5. The van der Waals surface area contributed by atoms with Crippen molar-refractivity contribution in [1.29, 1.82) is 0 Å². The van der Waals surface area contributed by atoms with Crippen LogP contribution in [0.3, 0.4) is 0 Å². The molecule has 2 aromatic carbocycles. The monoisotopic (exact) mass is 485 g/mol. The Morgan fingerprint density at radius 1 is 0.906 bits per heavy atom. The van der Waals surface area contributed by atoms with Crippen molar-refractivity contribution in [3.63, 3.8) is 0 Å². The fourth-order valence-electron chi connectivity index (χ4n) is 3.21. The third-order valence-corrected chi connectivity index (χ3v) is 6.39. The van der Waals surface area contributed by atoms with E-state index in [4.69, 9.17) is 35.4 Å². The molecule has 166 valence electrons. The Kier molecular flexibility index (Phi) is 7.29. The lowest BCUT2D eigenvalue weighted by atomic mass is 9.88. The van der Waals surface area contributed by atoms with Gasteiger partial charge in [-0.05, 0) is 66.3 Å². The fourth-order valence-corrected chi connectivity index (χ4v) is 3.83. The molecule has 0 spiro atoms. The number of anilines is 1. The van der Waals surface area contributed by atoms with E-state index in [2.05, 4.69) is 33.0 Å². The minimum absolute atomic E-state index is 0.00147. The van der Waals surface area contributed by atoms with Crippen molar-refractivity contribution in [3.8, 4) is 0 Å². The van der Waals surface area contributed by atoms with Crippen LogP contribution in [-0.2, 0) is 5.41 Å². The summed E-state index contributed by atoms with van der Waals surface area (Å²) in [5.41, 5.74) is 5.34. The van der Waals surface area contributed by atoms with Gasteiger partial charge in [-0.25, -0.2) is 0 Å². The molecule has 0 aliphatic rings. The van der Waals surface area contributed by atoms with Crippen molar-refractivity contribution in [1.82, 2.24) is 0 Å². The standard InChI is InChI=1S/C26H26Cl2N2OS/c1-16-6-8-20(14-17(16)2)29-25(32)23(24(31)18-7-9-21(27)22(28)15-18)30-12-10-19(11-13-30)26(3,4)5/h6-15H,1-5H3,(H-,29,31,32)/p+1. The topological polar surface area (TPSA) is 36.1 Å². The number of aliphatic hydroxyl groups excluding tert-OH is 1. The van der Waals surface area contributed by atoms with Gasteiger partial charge in [0.1, 0.15) is 0 Å². The SMILES string of the molecule is Cc1ccc(NC(=S)/C(=C(\O)c2ccc(Cl)c(Cl)c2)[n+]2ccc(C(C)(C)C)cc2)cc1C. The first-order valence-corrected chi connectivity index (χ1v) is 11.4. The maximum atomic E-state index is 11.3. The molecule has 0 saturated carbocycles. The van der Waals surface area contributed by atoms with Gasteiger partial charge in [0.05, 0.1) is 10.0 Å². The first-order valence-electron chi connectivity index (χ1n) is 10.3. The van der Waals surface area contributed by atoms with Gasteiger partial charge in [-0.2, -0.15) is 4.57 Å². The van der Waals surface area contributed by atoms with Gasteiger partial charge >= 0.3 is 0 Å². The lowest BCUT2D eigenvalue weighted by Crippen LogP contribution is -2.39. The molecule has 0 aliphatic heterocycles. The van der Waals surface area contributed by atoms with Crippen LogP contribution < -0.4 is 9.88 Å². The average Bonchev–Trinajstić information content (AvgIpc) is 2.72. The van der Waals surface area contributed by atoms with E-state index in [0.717, 1.165) is 11.3 Å². The van der Waals surface area contributed by atoms with Crippen molar-refractivity contribution in [2.75, 3.05) is 5.32 Å². The number of halogens is 2. The Bertz CT molecular complexity index is 1200. The highest BCUT2D eigenvalue weighted by Gasteiger charge is 2.25. The quantitative estimate of drug-likeness (QED) is 0.173. The zero-order chi connectivity index (χ0) is 23.6. The largest absolute Gasteiger partial charge is 0.502 e. The first kappa shape index (κ1) is 24.2. The van der Waals surface area contributed by atoms with Crippen LogP contribution in [-0.4, -0.2) is 10.1 Å². The second kappa shape index (κ2) is 9.62. The minimum atomic E-state index is -0.00147. The van der Waals surface area contributed by atoms with Crippen LogP contribution in [0.15, 0.2) is 60.9 Å². The van der Waals surface area contributed by atoms with Gasteiger partial charge in [-0.15, -0.1) is 0 Å². The lowest BCUT2D eigenvalue weighted by Gasteiger charge is -2.18. The molecule has 0 radical (unpaired) electrons. The highest BCUT2D eigenvalue weighted by molar-refractivity contribution is 7.81. The fraction of sp³-hybridized carbons (Fsp3) is 0.231. The van der Waals surface area contributed by atoms with Gasteiger partial charge in [-0.3, -0.25) is 0 Å². The zero-order valence-corrected chi connectivity index (χ0v) is 21.2. The van der Waals surface area contributed by atoms with Crippen LogP contribution in [0.1, 0.15) is 43.0 Å².